The van der Waals surface area contributed by atoms with Gasteiger partial charge in [0, 0.05) is 24.0 Å². The van der Waals surface area contributed by atoms with Crippen molar-refractivity contribution in [3.8, 4) is 0 Å². The van der Waals surface area contributed by atoms with Crippen molar-refractivity contribution in [3.05, 3.63) is 72.3 Å². The number of rotatable bonds is 5. The van der Waals surface area contributed by atoms with Crippen LogP contribution in [0.1, 0.15) is 20.8 Å². The molecule has 0 atom stereocenters. The highest BCUT2D eigenvalue weighted by atomic mass is 19.1. The second kappa shape index (κ2) is 7.12. The van der Waals surface area contributed by atoms with Crippen LogP contribution in [0.3, 0.4) is 0 Å². The Bertz CT molecular complexity index is 699. The average Bonchev–Trinajstić information content (AvgIpc) is 2.54. The van der Waals surface area contributed by atoms with E-state index in [0.717, 1.165) is 0 Å². The molecular weight excluding hydrogens is 285 g/mol. The number of carbonyl (C=O) groups excluding carboxylic acids is 2. The number of benzene rings is 1. The Morgan fingerprint density at radius 3 is 2.59 bits per heavy atom. The summed E-state index contributed by atoms with van der Waals surface area (Å²) in [6, 6.07) is 8.27. The number of anilines is 1. The van der Waals surface area contributed by atoms with Crippen LogP contribution in [0.15, 0.2) is 55.3 Å². The fraction of sp³-hybridized carbons (Fsp3) is 0.0625. The highest BCUT2D eigenvalue weighted by molar-refractivity contribution is 6.05. The predicted octanol–water partition coefficient (Wildman–Crippen LogP) is 2.39. The quantitative estimate of drug-likeness (QED) is 0.833. The molecule has 2 rings (SSSR count). The second-order valence-corrected chi connectivity index (χ2v) is 4.39. The third kappa shape index (κ3) is 3.99. The van der Waals surface area contributed by atoms with Gasteiger partial charge in [-0.2, -0.15) is 0 Å². The van der Waals surface area contributed by atoms with Gasteiger partial charge in [-0.3, -0.25) is 14.6 Å². The zero-order valence-electron chi connectivity index (χ0n) is 11.7. The summed E-state index contributed by atoms with van der Waals surface area (Å²) in [5, 5.41) is 5.19. The van der Waals surface area contributed by atoms with Gasteiger partial charge >= 0.3 is 0 Å². The number of nitrogens with one attached hydrogen (secondary N) is 2. The van der Waals surface area contributed by atoms with Crippen molar-refractivity contribution in [2.75, 3.05) is 11.9 Å². The van der Waals surface area contributed by atoms with Crippen LogP contribution in [0.5, 0.6) is 0 Å². The van der Waals surface area contributed by atoms with Crippen molar-refractivity contribution < 1.29 is 14.0 Å². The Labute approximate surface area is 126 Å². The summed E-state index contributed by atoms with van der Waals surface area (Å²) in [5.74, 6) is -1.19. The standard InChI is InChI=1S/C16H14FN3O2/c1-2-8-19-16(22)14-10-11(7-9-18-14)15(21)20-13-5-3-12(17)4-6-13/h2-7,9-10H,1,8H2,(H,19,22)(H,20,21). The minimum absolute atomic E-state index is 0.133. The summed E-state index contributed by atoms with van der Waals surface area (Å²) in [6.45, 7) is 3.81. The van der Waals surface area contributed by atoms with Gasteiger partial charge in [0.2, 0.25) is 0 Å². The maximum absolute atomic E-state index is 12.8. The zero-order chi connectivity index (χ0) is 15.9. The fourth-order valence-corrected chi connectivity index (χ4v) is 1.69. The van der Waals surface area contributed by atoms with Crippen molar-refractivity contribution in [1.82, 2.24) is 10.3 Å². The molecule has 1 aromatic carbocycles. The van der Waals surface area contributed by atoms with E-state index < -0.39 is 11.8 Å². The van der Waals surface area contributed by atoms with E-state index >= 15 is 0 Å². The highest BCUT2D eigenvalue weighted by Gasteiger charge is 2.11. The molecule has 2 amide bonds. The lowest BCUT2D eigenvalue weighted by atomic mass is 10.2. The Balaban J connectivity index is 2.11. The highest BCUT2D eigenvalue weighted by Crippen LogP contribution is 2.11. The maximum atomic E-state index is 12.8. The van der Waals surface area contributed by atoms with E-state index in [1.54, 1.807) is 6.08 Å². The van der Waals surface area contributed by atoms with Gasteiger partial charge in [-0.15, -0.1) is 6.58 Å². The molecule has 0 saturated carbocycles. The van der Waals surface area contributed by atoms with Crippen LogP contribution in [-0.4, -0.2) is 23.3 Å². The molecule has 5 nitrogen and oxygen atoms in total. The zero-order valence-corrected chi connectivity index (χ0v) is 11.7. The smallest absolute Gasteiger partial charge is 0.270 e. The number of nitrogens with zero attached hydrogens (tertiary/aromatic N) is 1. The Morgan fingerprint density at radius 2 is 1.91 bits per heavy atom. The number of amides is 2. The van der Waals surface area contributed by atoms with Gasteiger partial charge in [-0.05, 0) is 36.4 Å². The van der Waals surface area contributed by atoms with Crippen molar-refractivity contribution in [2.24, 2.45) is 0 Å². The molecule has 6 heteroatoms. The first-order valence-corrected chi connectivity index (χ1v) is 6.52. The van der Waals surface area contributed by atoms with Crippen LogP contribution in [0.2, 0.25) is 0 Å². The third-order valence-corrected chi connectivity index (χ3v) is 2.76. The lowest BCUT2D eigenvalue weighted by molar-refractivity contribution is 0.0953. The molecule has 22 heavy (non-hydrogen) atoms. The average molecular weight is 299 g/mol. The molecule has 2 N–H and O–H groups in total. The summed E-state index contributed by atoms with van der Waals surface area (Å²) in [6.07, 6.45) is 2.92. The molecular formula is C16H14FN3O2. The summed E-state index contributed by atoms with van der Waals surface area (Å²) >= 11 is 0. The SMILES string of the molecule is C=CCNC(=O)c1cc(C(=O)Nc2ccc(F)cc2)ccn1. The van der Waals surface area contributed by atoms with Gasteiger partial charge in [0.25, 0.3) is 11.8 Å². The van der Waals surface area contributed by atoms with Gasteiger partial charge in [-0.1, -0.05) is 6.08 Å². The first-order chi connectivity index (χ1) is 10.6. The molecule has 1 heterocycles. The molecule has 0 bridgehead atoms. The minimum Gasteiger partial charge on any atom is -0.347 e. The Hall–Kier alpha value is -3.02. The van der Waals surface area contributed by atoms with E-state index in [2.05, 4.69) is 22.2 Å². The van der Waals surface area contributed by atoms with Gasteiger partial charge < -0.3 is 10.6 Å². The number of carbonyl (C=O) groups is 2. The number of hydrogen-bond donors (Lipinski definition) is 2. The van der Waals surface area contributed by atoms with Crippen LogP contribution in [0.25, 0.3) is 0 Å². The van der Waals surface area contributed by atoms with E-state index in [0.29, 0.717) is 12.2 Å². The van der Waals surface area contributed by atoms with E-state index in [1.807, 2.05) is 0 Å². The number of aromatic nitrogens is 1. The van der Waals surface area contributed by atoms with Crippen LogP contribution >= 0.6 is 0 Å². The van der Waals surface area contributed by atoms with Gasteiger partial charge in [-0.25, -0.2) is 4.39 Å². The normalized spacial score (nSPS) is 9.86. The van der Waals surface area contributed by atoms with Crippen molar-refractivity contribution >= 4 is 17.5 Å². The van der Waals surface area contributed by atoms with Crippen LogP contribution in [0.4, 0.5) is 10.1 Å². The van der Waals surface area contributed by atoms with Gasteiger partial charge in [0.1, 0.15) is 11.5 Å². The molecule has 0 saturated heterocycles. The molecule has 0 spiro atoms. The molecule has 0 fully saturated rings. The maximum Gasteiger partial charge on any atom is 0.270 e. The van der Waals surface area contributed by atoms with E-state index in [1.165, 1.54) is 42.6 Å². The summed E-state index contributed by atoms with van der Waals surface area (Å²) in [4.78, 5) is 27.8. The van der Waals surface area contributed by atoms with E-state index in [-0.39, 0.29) is 17.1 Å². The van der Waals surface area contributed by atoms with Crippen LogP contribution < -0.4 is 10.6 Å². The second-order valence-electron chi connectivity index (χ2n) is 4.39. The number of pyridine rings is 1. The first-order valence-electron chi connectivity index (χ1n) is 6.52. The lowest BCUT2D eigenvalue weighted by Gasteiger charge is -2.06. The number of halogens is 1. The third-order valence-electron chi connectivity index (χ3n) is 2.76. The minimum atomic E-state index is -0.410. The van der Waals surface area contributed by atoms with Gasteiger partial charge in [0.15, 0.2) is 0 Å². The molecule has 0 radical (unpaired) electrons. The molecule has 0 aliphatic rings. The van der Waals surface area contributed by atoms with Crippen molar-refractivity contribution in [3.63, 3.8) is 0 Å². The molecule has 0 aliphatic heterocycles. The topological polar surface area (TPSA) is 71.1 Å². The van der Waals surface area contributed by atoms with Crippen LogP contribution in [0, 0.1) is 5.82 Å². The summed E-state index contributed by atoms with van der Waals surface area (Å²) < 4.78 is 12.8. The predicted molar refractivity (Wildman–Crippen MR) is 81.1 cm³/mol. The lowest BCUT2D eigenvalue weighted by Crippen LogP contribution is -2.24. The van der Waals surface area contributed by atoms with Crippen LogP contribution in [-0.2, 0) is 0 Å². The van der Waals surface area contributed by atoms with Gasteiger partial charge in [0.05, 0.1) is 0 Å². The number of hydrogen-bond acceptors (Lipinski definition) is 3. The van der Waals surface area contributed by atoms with E-state index in [4.69, 9.17) is 0 Å². The molecule has 1 aromatic heterocycles. The fourth-order valence-electron chi connectivity index (χ4n) is 1.69. The Morgan fingerprint density at radius 1 is 1.18 bits per heavy atom. The summed E-state index contributed by atoms with van der Waals surface area (Å²) in [5.41, 5.74) is 0.873. The molecule has 0 unspecified atom stereocenters. The molecule has 0 aliphatic carbocycles. The van der Waals surface area contributed by atoms with Crippen molar-refractivity contribution in [1.29, 1.82) is 0 Å². The monoisotopic (exact) mass is 299 g/mol. The summed E-state index contributed by atoms with van der Waals surface area (Å²) in [7, 11) is 0. The first kappa shape index (κ1) is 15.4. The molecule has 112 valence electrons. The molecule has 2 aromatic rings. The Kier molecular flexibility index (Phi) is 4.98. The largest absolute Gasteiger partial charge is 0.347 e. The van der Waals surface area contributed by atoms with E-state index in [9.17, 15) is 14.0 Å². The van der Waals surface area contributed by atoms with Crippen molar-refractivity contribution in [2.45, 2.75) is 0 Å².